The first-order valence-electron chi connectivity index (χ1n) is 10.3. The summed E-state index contributed by atoms with van der Waals surface area (Å²) >= 11 is 6.58. The molecule has 29 heavy (non-hydrogen) atoms. The average molecular weight is 409 g/mol. The Bertz CT molecular complexity index is 1050. The van der Waals surface area contributed by atoms with Crippen molar-refractivity contribution in [3.63, 3.8) is 0 Å². The molecule has 5 rings (SSSR count). The predicted octanol–water partition coefficient (Wildman–Crippen LogP) is 3.93. The van der Waals surface area contributed by atoms with E-state index in [1.165, 1.54) is 12.0 Å². The summed E-state index contributed by atoms with van der Waals surface area (Å²) < 4.78 is 1.92. The predicted molar refractivity (Wildman–Crippen MR) is 115 cm³/mol. The highest BCUT2D eigenvalue weighted by Crippen LogP contribution is 2.33. The lowest BCUT2D eigenvalue weighted by Gasteiger charge is -2.46. The van der Waals surface area contributed by atoms with Gasteiger partial charge < -0.3 is 9.47 Å². The molecular weight excluding hydrogens is 384 g/mol. The Labute approximate surface area is 175 Å². The second-order valence-corrected chi connectivity index (χ2v) is 8.61. The molecule has 1 aromatic carbocycles. The Morgan fingerprint density at radius 3 is 2.76 bits per heavy atom. The minimum atomic E-state index is -0.00177. The molecule has 0 radical (unpaired) electrons. The molecule has 2 aromatic heterocycles. The van der Waals surface area contributed by atoms with Crippen molar-refractivity contribution in [2.75, 3.05) is 26.2 Å². The summed E-state index contributed by atoms with van der Waals surface area (Å²) in [6.07, 6.45) is 5.84. The lowest BCUT2D eigenvalue weighted by molar-refractivity contribution is 0.0329. The SMILES string of the molecule is Cn1ccc2c(Cl)c(C(=O)N3CCN4C[C@@H](c5ccccc5)CC[C@@H]4C3)cnc21. The number of benzene rings is 1. The van der Waals surface area contributed by atoms with Crippen molar-refractivity contribution in [3.8, 4) is 0 Å². The van der Waals surface area contributed by atoms with E-state index in [1.807, 2.05) is 28.8 Å². The van der Waals surface area contributed by atoms with E-state index >= 15 is 0 Å². The van der Waals surface area contributed by atoms with Crippen LogP contribution in [0.15, 0.2) is 48.8 Å². The molecule has 0 N–H and O–H groups in total. The smallest absolute Gasteiger partial charge is 0.257 e. The maximum atomic E-state index is 13.2. The molecule has 0 aliphatic carbocycles. The third-order valence-corrected chi connectivity index (χ3v) is 6.93. The topological polar surface area (TPSA) is 41.4 Å². The van der Waals surface area contributed by atoms with Crippen LogP contribution in [0.25, 0.3) is 11.0 Å². The van der Waals surface area contributed by atoms with Crippen LogP contribution in [0.5, 0.6) is 0 Å². The Hall–Kier alpha value is -2.37. The second-order valence-electron chi connectivity index (χ2n) is 8.23. The number of amides is 1. The Morgan fingerprint density at radius 1 is 1.10 bits per heavy atom. The number of hydrogen-bond acceptors (Lipinski definition) is 3. The van der Waals surface area contributed by atoms with Gasteiger partial charge in [0.25, 0.3) is 5.91 Å². The van der Waals surface area contributed by atoms with Crippen molar-refractivity contribution < 1.29 is 4.79 Å². The molecule has 0 bridgehead atoms. The molecule has 5 nitrogen and oxygen atoms in total. The third kappa shape index (κ3) is 3.32. The number of nitrogens with zero attached hydrogens (tertiary/aromatic N) is 4. The van der Waals surface area contributed by atoms with Crippen LogP contribution in [0.2, 0.25) is 5.02 Å². The number of pyridine rings is 1. The van der Waals surface area contributed by atoms with Crippen molar-refractivity contribution in [1.29, 1.82) is 0 Å². The maximum Gasteiger partial charge on any atom is 0.257 e. The third-order valence-electron chi connectivity index (χ3n) is 6.53. The monoisotopic (exact) mass is 408 g/mol. The molecule has 2 aliphatic rings. The number of aryl methyl sites for hydroxylation is 1. The van der Waals surface area contributed by atoms with Crippen molar-refractivity contribution in [2.45, 2.75) is 24.8 Å². The highest BCUT2D eigenvalue weighted by molar-refractivity contribution is 6.38. The quantitative estimate of drug-likeness (QED) is 0.645. The van der Waals surface area contributed by atoms with E-state index in [-0.39, 0.29) is 5.91 Å². The van der Waals surface area contributed by atoms with Gasteiger partial charge >= 0.3 is 0 Å². The number of fused-ring (bicyclic) bond motifs is 2. The Morgan fingerprint density at radius 2 is 1.93 bits per heavy atom. The molecule has 2 aliphatic heterocycles. The van der Waals surface area contributed by atoms with Gasteiger partial charge in [-0.25, -0.2) is 4.98 Å². The number of carbonyl (C=O) groups excluding carboxylic acids is 1. The van der Waals surface area contributed by atoms with Crippen LogP contribution in [0.4, 0.5) is 0 Å². The molecule has 2 saturated heterocycles. The summed E-state index contributed by atoms with van der Waals surface area (Å²) in [6.45, 7) is 3.50. The fourth-order valence-electron chi connectivity index (χ4n) is 4.86. The van der Waals surface area contributed by atoms with Gasteiger partial charge in [-0.2, -0.15) is 0 Å². The van der Waals surface area contributed by atoms with Crippen molar-refractivity contribution in [2.24, 2.45) is 7.05 Å². The Kier molecular flexibility index (Phi) is 4.80. The number of rotatable bonds is 2. The zero-order chi connectivity index (χ0) is 20.0. The number of aromatic nitrogens is 2. The number of hydrogen-bond donors (Lipinski definition) is 0. The van der Waals surface area contributed by atoms with Crippen LogP contribution in [0.1, 0.15) is 34.7 Å². The molecule has 6 heteroatoms. The first-order chi connectivity index (χ1) is 14.1. The standard InChI is InChI=1S/C23H25ClN4O/c1-26-10-9-19-21(24)20(13-25-22(19)26)23(29)28-12-11-27-14-17(7-8-18(27)15-28)16-5-3-2-4-6-16/h2-6,9-10,13,17-18H,7-8,11-12,14-15H2,1H3/t17-,18+/m0/s1. The van der Waals surface area contributed by atoms with E-state index in [0.717, 1.165) is 43.6 Å². The van der Waals surface area contributed by atoms with Crippen molar-refractivity contribution >= 4 is 28.5 Å². The van der Waals surface area contributed by atoms with Gasteiger partial charge in [-0.15, -0.1) is 0 Å². The van der Waals surface area contributed by atoms with Crippen LogP contribution in [0.3, 0.4) is 0 Å². The van der Waals surface area contributed by atoms with Gasteiger partial charge in [0.1, 0.15) is 5.65 Å². The summed E-state index contributed by atoms with van der Waals surface area (Å²) in [5.41, 5.74) is 2.74. The van der Waals surface area contributed by atoms with Crippen LogP contribution in [0, 0.1) is 0 Å². The van der Waals surface area contributed by atoms with E-state index in [2.05, 4.69) is 40.2 Å². The van der Waals surface area contributed by atoms with Gasteiger partial charge in [-0.05, 0) is 30.4 Å². The van der Waals surface area contributed by atoms with E-state index in [4.69, 9.17) is 11.6 Å². The van der Waals surface area contributed by atoms with Crippen LogP contribution in [-0.2, 0) is 7.05 Å². The molecule has 2 fully saturated rings. The molecule has 3 aromatic rings. The van der Waals surface area contributed by atoms with Crippen LogP contribution < -0.4 is 0 Å². The Balaban J connectivity index is 1.30. The van der Waals surface area contributed by atoms with Gasteiger partial charge in [0, 0.05) is 57.0 Å². The first kappa shape index (κ1) is 18.6. The largest absolute Gasteiger partial charge is 0.336 e. The molecule has 4 heterocycles. The second kappa shape index (κ2) is 7.47. The summed E-state index contributed by atoms with van der Waals surface area (Å²) in [4.78, 5) is 22.2. The first-order valence-corrected chi connectivity index (χ1v) is 10.7. The van der Waals surface area contributed by atoms with E-state index in [1.54, 1.807) is 6.20 Å². The minimum Gasteiger partial charge on any atom is -0.336 e. The highest BCUT2D eigenvalue weighted by Gasteiger charge is 2.35. The van der Waals surface area contributed by atoms with Gasteiger partial charge in [0.15, 0.2) is 0 Å². The lowest BCUT2D eigenvalue weighted by atomic mass is 9.86. The molecule has 0 unspecified atom stereocenters. The number of piperidine rings is 1. The van der Waals surface area contributed by atoms with Crippen LogP contribution in [-0.4, -0.2) is 57.5 Å². The normalized spacial score (nSPS) is 22.6. The van der Waals surface area contributed by atoms with E-state index in [0.29, 0.717) is 22.5 Å². The fourth-order valence-corrected chi connectivity index (χ4v) is 5.13. The van der Waals surface area contributed by atoms with E-state index in [9.17, 15) is 4.79 Å². The highest BCUT2D eigenvalue weighted by atomic mass is 35.5. The number of carbonyl (C=O) groups is 1. The van der Waals surface area contributed by atoms with Crippen molar-refractivity contribution in [3.05, 3.63) is 64.9 Å². The van der Waals surface area contributed by atoms with Gasteiger partial charge in [0.05, 0.1) is 10.6 Å². The molecule has 0 saturated carbocycles. The summed E-state index contributed by atoms with van der Waals surface area (Å²) in [6, 6.07) is 13.1. The summed E-state index contributed by atoms with van der Waals surface area (Å²) in [5, 5.41) is 1.35. The van der Waals surface area contributed by atoms with Gasteiger partial charge in [-0.3, -0.25) is 9.69 Å². The summed E-state index contributed by atoms with van der Waals surface area (Å²) in [7, 11) is 1.93. The average Bonchev–Trinajstić information content (AvgIpc) is 3.15. The van der Waals surface area contributed by atoms with Crippen LogP contribution >= 0.6 is 11.6 Å². The summed E-state index contributed by atoms with van der Waals surface area (Å²) in [5.74, 6) is 0.590. The molecule has 1 amide bonds. The lowest BCUT2D eigenvalue weighted by Crippen LogP contribution is -2.57. The molecule has 2 atom stereocenters. The zero-order valence-electron chi connectivity index (χ0n) is 16.6. The molecule has 150 valence electrons. The molecular formula is C23H25ClN4O. The van der Waals surface area contributed by atoms with Gasteiger partial charge in [0.2, 0.25) is 0 Å². The van der Waals surface area contributed by atoms with E-state index < -0.39 is 0 Å². The number of piperazine rings is 1. The maximum absolute atomic E-state index is 13.2. The zero-order valence-corrected chi connectivity index (χ0v) is 17.3. The minimum absolute atomic E-state index is 0.00177. The van der Waals surface area contributed by atoms with Crippen molar-refractivity contribution in [1.82, 2.24) is 19.4 Å². The number of halogens is 1. The van der Waals surface area contributed by atoms with Gasteiger partial charge in [-0.1, -0.05) is 41.9 Å². The molecule has 0 spiro atoms. The fraction of sp³-hybridized carbons (Fsp3) is 0.391.